The van der Waals surface area contributed by atoms with Crippen molar-refractivity contribution < 1.29 is 9.53 Å². The minimum absolute atomic E-state index is 0.0927. The van der Waals surface area contributed by atoms with Crippen molar-refractivity contribution in [2.45, 2.75) is 31.7 Å². The average molecular weight is 402 g/mol. The Balaban J connectivity index is 2.24. The van der Waals surface area contributed by atoms with E-state index in [0.29, 0.717) is 18.6 Å². The molecule has 0 saturated heterocycles. The highest BCUT2D eigenvalue weighted by molar-refractivity contribution is 6.06. The van der Waals surface area contributed by atoms with Crippen LogP contribution in [0.2, 0.25) is 0 Å². The van der Waals surface area contributed by atoms with Gasteiger partial charge in [0.25, 0.3) is 0 Å². The zero-order valence-electron chi connectivity index (χ0n) is 18.3. The number of carbonyl (C=O) groups is 1. The highest BCUT2D eigenvalue weighted by Gasteiger charge is 2.43. The monoisotopic (exact) mass is 401 g/mol. The van der Waals surface area contributed by atoms with Crippen LogP contribution in [0, 0.1) is 0 Å². The van der Waals surface area contributed by atoms with Crippen LogP contribution in [0.1, 0.15) is 41.8 Å². The standard InChI is InChI=1S/C27H31NO2/c1-5-30-25-18-12-13-22(19-25)26(29)27(20-21(2)28(3)4,23-14-8-6-9-15-23)24-16-10-7-11-17-24/h6-19,21H,5,20H2,1-4H3/t21-/m0/s1. The van der Waals surface area contributed by atoms with Gasteiger partial charge in [-0.15, -0.1) is 0 Å². The smallest absolute Gasteiger partial charge is 0.177 e. The summed E-state index contributed by atoms with van der Waals surface area (Å²) < 4.78 is 5.68. The Labute approximate surface area is 180 Å². The SMILES string of the molecule is CCOc1cccc(C(=O)C(C[C@H](C)N(C)C)(c2ccccc2)c2ccccc2)c1. The zero-order valence-corrected chi connectivity index (χ0v) is 18.3. The van der Waals surface area contributed by atoms with E-state index in [9.17, 15) is 4.79 Å². The molecule has 1 atom stereocenters. The van der Waals surface area contributed by atoms with Crippen LogP contribution in [0.25, 0.3) is 0 Å². The number of Topliss-reactive ketones (excluding diaryl/α,β-unsaturated/α-hetero) is 1. The largest absolute Gasteiger partial charge is 0.494 e. The molecular formula is C27H31NO2. The highest BCUT2D eigenvalue weighted by atomic mass is 16.5. The lowest BCUT2D eigenvalue weighted by Crippen LogP contribution is -2.43. The third-order valence-electron chi connectivity index (χ3n) is 5.81. The molecule has 3 rings (SSSR count). The van der Waals surface area contributed by atoms with Crippen molar-refractivity contribution in [1.29, 1.82) is 0 Å². The van der Waals surface area contributed by atoms with Crippen molar-refractivity contribution in [1.82, 2.24) is 4.90 Å². The van der Waals surface area contributed by atoms with Gasteiger partial charge in [0.15, 0.2) is 5.78 Å². The number of hydrogen-bond donors (Lipinski definition) is 0. The van der Waals surface area contributed by atoms with Gasteiger partial charge in [-0.05, 0) is 57.6 Å². The summed E-state index contributed by atoms with van der Waals surface area (Å²) in [7, 11) is 4.12. The van der Waals surface area contributed by atoms with Crippen LogP contribution in [0.4, 0.5) is 0 Å². The Hall–Kier alpha value is -2.91. The molecule has 0 aliphatic heterocycles. The Morgan fingerprint density at radius 1 is 0.900 bits per heavy atom. The molecule has 0 radical (unpaired) electrons. The fourth-order valence-electron chi connectivity index (χ4n) is 3.97. The first-order valence-corrected chi connectivity index (χ1v) is 10.5. The second kappa shape index (κ2) is 9.73. The van der Waals surface area contributed by atoms with Crippen LogP contribution >= 0.6 is 0 Å². The summed E-state index contributed by atoms with van der Waals surface area (Å²) in [5.41, 5.74) is 1.89. The van der Waals surface area contributed by atoms with Crippen LogP contribution in [-0.2, 0) is 5.41 Å². The van der Waals surface area contributed by atoms with Gasteiger partial charge >= 0.3 is 0 Å². The summed E-state index contributed by atoms with van der Waals surface area (Å²) >= 11 is 0. The minimum atomic E-state index is -0.795. The van der Waals surface area contributed by atoms with E-state index in [0.717, 1.165) is 16.9 Å². The lowest BCUT2D eigenvalue weighted by atomic mass is 9.66. The summed E-state index contributed by atoms with van der Waals surface area (Å²) in [6.45, 7) is 4.69. The van der Waals surface area contributed by atoms with E-state index in [1.165, 1.54) is 0 Å². The molecule has 30 heavy (non-hydrogen) atoms. The molecular weight excluding hydrogens is 370 g/mol. The summed E-state index contributed by atoms with van der Waals surface area (Å²) in [6, 6.07) is 28.1. The molecule has 3 heteroatoms. The van der Waals surface area contributed by atoms with Crippen molar-refractivity contribution in [3.63, 3.8) is 0 Å². The zero-order chi connectivity index (χ0) is 21.6. The Morgan fingerprint density at radius 2 is 1.47 bits per heavy atom. The lowest BCUT2D eigenvalue weighted by Gasteiger charge is -2.38. The van der Waals surface area contributed by atoms with Crippen molar-refractivity contribution in [2.24, 2.45) is 0 Å². The molecule has 0 aliphatic rings. The third kappa shape index (κ3) is 4.47. The van der Waals surface area contributed by atoms with Crippen LogP contribution in [0.5, 0.6) is 5.75 Å². The first-order valence-electron chi connectivity index (χ1n) is 10.5. The van der Waals surface area contributed by atoms with Gasteiger partial charge in [-0.1, -0.05) is 72.8 Å². The predicted molar refractivity (Wildman–Crippen MR) is 123 cm³/mol. The topological polar surface area (TPSA) is 29.5 Å². The van der Waals surface area contributed by atoms with Gasteiger partial charge in [0.05, 0.1) is 12.0 Å². The van der Waals surface area contributed by atoms with E-state index in [-0.39, 0.29) is 11.8 Å². The molecule has 0 amide bonds. The van der Waals surface area contributed by atoms with Crippen LogP contribution in [-0.4, -0.2) is 37.4 Å². The summed E-state index contributed by atoms with van der Waals surface area (Å²) in [4.78, 5) is 16.5. The van der Waals surface area contributed by atoms with Crippen molar-refractivity contribution in [3.05, 3.63) is 102 Å². The molecule has 3 nitrogen and oxygen atoms in total. The molecule has 0 saturated carbocycles. The second-order valence-electron chi connectivity index (χ2n) is 7.94. The molecule has 0 N–H and O–H groups in total. The summed E-state index contributed by atoms with van der Waals surface area (Å²) in [5, 5.41) is 0. The van der Waals surface area contributed by atoms with Gasteiger partial charge in [0.1, 0.15) is 5.75 Å². The maximum absolute atomic E-state index is 14.3. The quantitative estimate of drug-likeness (QED) is 0.438. The number of benzene rings is 3. The van der Waals surface area contributed by atoms with Crippen LogP contribution in [0.3, 0.4) is 0 Å². The normalized spacial score (nSPS) is 12.6. The van der Waals surface area contributed by atoms with Gasteiger partial charge in [-0.2, -0.15) is 0 Å². The number of ether oxygens (including phenoxy) is 1. The molecule has 3 aromatic carbocycles. The van der Waals surface area contributed by atoms with E-state index < -0.39 is 5.41 Å². The molecule has 3 aromatic rings. The number of hydrogen-bond acceptors (Lipinski definition) is 3. The number of nitrogens with zero attached hydrogens (tertiary/aromatic N) is 1. The fraction of sp³-hybridized carbons (Fsp3) is 0.296. The fourth-order valence-corrected chi connectivity index (χ4v) is 3.97. The highest BCUT2D eigenvalue weighted by Crippen LogP contribution is 2.41. The van der Waals surface area contributed by atoms with Crippen molar-refractivity contribution in [2.75, 3.05) is 20.7 Å². The summed E-state index contributed by atoms with van der Waals surface area (Å²) in [5.74, 6) is 0.814. The van der Waals surface area contributed by atoms with Gasteiger partial charge < -0.3 is 9.64 Å². The van der Waals surface area contributed by atoms with Crippen molar-refractivity contribution in [3.8, 4) is 5.75 Å². The van der Waals surface area contributed by atoms with E-state index >= 15 is 0 Å². The van der Waals surface area contributed by atoms with Gasteiger partial charge in [0.2, 0.25) is 0 Å². The molecule has 0 spiro atoms. The number of carbonyl (C=O) groups excluding carboxylic acids is 1. The second-order valence-corrected chi connectivity index (χ2v) is 7.94. The molecule has 156 valence electrons. The van der Waals surface area contributed by atoms with Gasteiger partial charge in [0, 0.05) is 11.6 Å². The minimum Gasteiger partial charge on any atom is -0.494 e. The molecule has 0 unspecified atom stereocenters. The lowest BCUT2D eigenvalue weighted by molar-refractivity contribution is 0.0882. The first kappa shape index (κ1) is 21.8. The molecule has 0 heterocycles. The van der Waals surface area contributed by atoms with E-state index in [1.807, 2.05) is 67.6 Å². The average Bonchev–Trinajstić information content (AvgIpc) is 2.78. The van der Waals surface area contributed by atoms with Crippen LogP contribution < -0.4 is 4.74 Å². The van der Waals surface area contributed by atoms with Gasteiger partial charge in [-0.25, -0.2) is 0 Å². The maximum Gasteiger partial charge on any atom is 0.177 e. The Kier molecular flexibility index (Phi) is 7.07. The van der Waals surface area contributed by atoms with Crippen molar-refractivity contribution >= 4 is 5.78 Å². The first-order chi connectivity index (χ1) is 14.5. The van der Waals surface area contributed by atoms with Crippen LogP contribution in [0.15, 0.2) is 84.9 Å². The summed E-state index contributed by atoms with van der Waals surface area (Å²) in [6.07, 6.45) is 0.672. The maximum atomic E-state index is 14.3. The molecule has 0 fully saturated rings. The molecule has 0 aliphatic carbocycles. The molecule has 0 aromatic heterocycles. The number of ketones is 1. The van der Waals surface area contributed by atoms with E-state index in [4.69, 9.17) is 4.74 Å². The number of rotatable bonds is 9. The third-order valence-corrected chi connectivity index (χ3v) is 5.81. The predicted octanol–water partition coefficient (Wildman–Crippen LogP) is 5.59. The molecule has 0 bridgehead atoms. The Bertz CT molecular complexity index is 911. The Morgan fingerprint density at radius 3 is 1.97 bits per heavy atom. The van der Waals surface area contributed by atoms with E-state index in [1.54, 1.807) is 0 Å². The van der Waals surface area contributed by atoms with Gasteiger partial charge in [-0.3, -0.25) is 4.79 Å². The van der Waals surface area contributed by atoms with E-state index in [2.05, 4.69) is 50.2 Å².